The number of rotatable bonds is 5. The van der Waals surface area contributed by atoms with E-state index in [2.05, 4.69) is 9.46 Å². The number of carbonyl (C=O) groups excluding carboxylic acids is 1. The van der Waals surface area contributed by atoms with Gasteiger partial charge >= 0.3 is 5.97 Å². The standard InChI is InChI=1S/C13H17NO4S/c1-9(10-7-8-10)14-19(16,17)12-6-4-3-5-11(12)13(15)18-2/h3-6,9-10,14H,7-8H2,1-2H3. The maximum absolute atomic E-state index is 12.3. The third-order valence-electron chi connectivity index (χ3n) is 3.25. The summed E-state index contributed by atoms with van der Waals surface area (Å²) in [4.78, 5) is 11.6. The lowest BCUT2D eigenvalue weighted by atomic mass is 10.2. The molecule has 104 valence electrons. The first-order valence-corrected chi connectivity index (χ1v) is 7.63. The number of sulfonamides is 1. The highest BCUT2D eigenvalue weighted by Gasteiger charge is 2.32. The molecule has 2 rings (SSSR count). The van der Waals surface area contributed by atoms with Crippen molar-refractivity contribution in [1.82, 2.24) is 4.72 Å². The van der Waals surface area contributed by atoms with Gasteiger partial charge in [-0.05, 0) is 37.8 Å². The van der Waals surface area contributed by atoms with E-state index >= 15 is 0 Å². The molecule has 1 unspecified atom stereocenters. The van der Waals surface area contributed by atoms with Crippen LogP contribution in [0.3, 0.4) is 0 Å². The second kappa shape index (κ2) is 5.30. The van der Waals surface area contributed by atoms with Crippen molar-refractivity contribution in [3.05, 3.63) is 29.8 Å². The Bertz CT molecular complexity index is 578. The van der Waals surface area contributed by atoms with Gasteiger partial charge in [-0.15, -0.1) is 0 Å². The van der Waals surface area contributed by atoms with Gasteiger partial charge in [0.25, 0.3) is 0 Å². The first kappa shape index (κ1) is 14.0. The second-order valence-corrected chi connectivity index (χ2v) is 6.42. The maximum Gasteiger partial charge on any atom is 0.339 e. The van der Waals surface area contributed by atoms with Crippen LogP contribution in [0.2, 0.25) is 0 Å². The van der Waals surface area contributed by atoms with Crippen molar-refractivity contribution in [2.24, 2.45) is 5.92 Å². The molecule has 1 N–H and O–H groups in total. The van der Waals surface area contributed by atoms with Gasteiger partial charge in [-0.3, -0.25) is 0 Å². The Labute approximate surface area is 113 Å². The summed E-state index contributed by atoms with van der Waals surface area (Å²) in [5.74, 6) is -0.250. The van der Waals surface area contributed by atoms with E-state index in [1.807, 2.05) is 6.92 Å². The summed E-state index contributed by atoms with van der Waals surface area (Å²) in [7, 11) is -2.47. The van der Waals surface area contributed by atoms with Crippen molar-refractivity contribution in [1.29, 1.82) is 0 Å². The van der Waals surface area contributed by atoms with Crippen LogP contribution in [-0.2, 0) is 14.8 Å². The Morgan fingerprint density at radius 3 is 2.58 bits per heavy atom. The summed E-state index contributed by atoms with van der Waals surface area (Å²) in [6, 6.07) is 5.94. The van der Waals surface area contributed by atoms with Crippen LogP contribution >= 0.6 is 0 Å². The van der Waals surface area contributed by atoms with Crippen molar-refractivity contribution in [2.75, 3.05) is 7.11 Å². The lowest BCUT2D eigenvalue weighted by molar-refractivity contribution is 0.0596. The molecule has 0 saturated heterocycles. The van der Waals surface area contributed by atoms with Crippen molar-refractivity contribution < 1.29 is 17.9 Å². The van der Waals surface area contributed by atoms with Gasteiger partial charge in [0.15, 0.2) is 0 Å². The molecule has 0 aliphatic heterocycles. The zero-order valence-corrected chi connectivity index (χ0v) is 11.7. The van der Waals surface area contributed by atoms with Crippen LogP contribution in [0.15, 0.2) is 29.2 Å². The van der Waals surface area contributed by atoms with E-state index in [-0.39, 0.29) is 16.5 Å². The minimum atomic E-state index is -3.70. The Morgan fingerprint density at radius 1 is 1.37 bits per heavy atom. The largest absolute Gasteiger partial charge is 0.465 e. The molecule has 5 nitrogen and oxygen atoms in total. The normalized spacial score (nSPS) is 16.9. The van der Waals surface area contributed by atoms with E-state index in [9.17, 15) is 13.2 Å². The van der Waals surface area contributed by atoms with Crippen LogP contribution in [0, 0.1) is 5.92 Å². The predicted octanol–water partition coefficient (Wildman–Crippen LogP) is 1.55. The van der Waals surface area contributed by atoms with Crippen LogP contribution in [0.25, 0.3) is 0 Å². The Balaban J connectivity index is 2.31. The topological polar surface area (TPSA) is 72.5 Å². The minimum Gasteiger partial charge on any atom is -0.465 e. The number of esters is 1. The number of carbonyl (C=O) groups is 1. The highest BCUT2D eigenvalue weighted by atomic mass is 32.2. The van der Waals surface area contributed by atoms with Gasteiger partial charge < -0.3 is 4.74 Å². The fourth-order valence-electron chi connectivity index (χ4n) is 1.98. The lowest BCUT2D eigenvalue weighted by Gasteiger charge is -2.15. The van der Waals surface area contributed by atoms with E-state index in [1.54, 1.807) is 12.1 Å². The molecule has 0 bridgehead atoms. The van der Waals surface area contributed by atoms with Crippen LogP contribution in [0.5, 0.6) is 0 Å². The molecule has 6 heteroatoms. The molecule has 1 saturated carbocycles. The molecule has 0 radical (unpaired) electrons. The molecule has 1 atom stereocenters. The van der Waals surface area contributed by atoms with E-state index in [4.69, 9.17) is 0 Å². The van der Waals surface area contributed by atoms with Crippen molar-refractivity contribution in [2.45, 2.75) is 30.7 Å². The van der Waals surface area contributed by atoms with Crippen LogP contribution in [-0.4, -0.2) is 27.5 Å². The summed E-state index contributed by atoms with van der Waals surface area (Å²) in [5, 5.41) is 0. The average molecular weight is 283 g/mol. The van der Waals surface area contributed by atoms with Gasteiger partial charge in [0.1, 0.15) is 0 Å². The van der Waals surface area contributed by atoms with Gasteiger partial charge in [0.05, 0.1) is 17.6 Å². The zero-order valence-electron chi connectivity index (χ0n) is 10.9. The van der Waals surface area contributed by atoms with Gasteiger partial charge in [-0.2, -0.15) is 0 Å². The van der Waals surface area contributed by atoms with E-state index in [0.29, 0.717) is 5.92 Å². The smallest absolute Gasteiger partial charge is 0.339 e. The molecular weight excluding hydrogens is 266 g/mol. The number of ether oxygens (including phenoxy) is 1. The first-order valence-electron chi connectivity index (χ1n) is 6.15. The highest BCUT2D eigenvalue weighted by Crippen LogP contribution is 2.33. The van der Waals surface area contributed by atoms with Crippen molar-refractivity contribution in [3.63, 3.8) is 0 Å². The fourth-order valence-corrected chi connectivity index (χ4v) is 3.49. The summed E-state index contributed by atoms with van der Waals surface area (Å²) in [6.45, 7) is 1.84. The first-order chi connectivity index (χ1) is 8.95. The van der Waals surface area contributed by atoms with Crippen molar-refractivity contribution in [3.8, 4) is 0 Å². The van der Waals surface area contributed by atoms with E-state index in [0.717, 1.165) is 12.8 Å². The average Bonchev–Trinajstić information content (AvgIpc) is 3.21. The predicted molar refractivity (Wildman–Crippen MR) is 70.3 cm³/mol. The van der Waals surface area contributed by atoms with Gasteiger partial charge in [-0.25, -0.2) is 17.9 Å². The Hall–Kier alpha value is -1.40. The fraction of sp³-hybridized carbons (Fsp3) is 0.462. The maximum atomic E-state index is 12.3. The summed E-state index contributed by atoms with van der Waals surface area (Å²) in [5.41, 5.74) is 0.0560. The minimum absolute atomic E-state index is 0.0330. The third kappa shape index (κ3) is 3.13. The summed E-state index contributed by atoms with van der Waals surface area (Å²) >= 11 is 0. The second-order valence-electron chi connectivity index (χ2n) is 4.74. The van der Waals surface area contributed by atoms with Crippen LogP contribution in [0.4, 0.5) is 0 Å². The molecule has 1 aromatic rings. The summed E-state index contributed by atoms with van der Waals surface area (Å²) in [6.07, 6.45) is 2.09. The van der Waals surface area contributed by atoms with Crippen LogP contribution in [0.1, 0.15) is 30.1 Å². The quantitative estimate of drug-likeness (QED) is 0.832. The zero-order chi connectivity index (χ0) is 14.0. The molecule has 1 aliphatic carbocycles. The SMILES string of the molecule is COC(=O)c1ccccc1S(=O)(=O)NC(C)C1CC1. The Morgan fingerprint density at radius 2 is 2.00 bits per heavy atom. The number of nitrogens with one attached hydrogen (secondary N) is 1. The third-order valence-corrected chi connectivity index (χ3v) is 4.87. The van der Waals surface area contributed by atoms with Gasteiger partial charge in [-0.1, -0.05) is 12.1 Å². The molecule has 0 spiro atoms. The number of hydrogen-bond acceptors (Lipinski definition) is 4. The number of methoxy groups -OCH3 is 1. The molecule has 1 aromatic carbocycles. The molecule has 0 amide bonds. The number of hydrogen-bond donors (Lipinski definition) is 1. The van der Waals surface area contributed by atoms with Crippen molar-refractivity contribution >= 4 is 16.0 Å². The molecule has 1 aliphatic rings. The molecule has 0 aromatic heterocycles. The van der Waals surface area contributed by atoms with E-state index in [1.165, 1.54) is 19.2 Å². The molecule has 19 heavy (non-hydrogen) atoms. The monoisotopic (exact) mass is 283 g/mol. The van der Waals surface area contributed by atoms with Gasteiger partial charge in [0.2, 0.25) is 10.0 Å². The summed E-state index contributed by atoms with van der Waals surface area (Å²) < 4.78 is 31.8. The van der Waals surface area contributed by atoms with E-state index < -0.39 is 16.0 Å². The number of benzene rings is 1. The molecule has 0 heterocycles. The molecular formula is C13H17NO4S. The Kier molecular flexibility index (Phi) is 3.91. The molecule has 1 fully saturated rings. The lowest BCUT2D eigenvalue weighted by Crippen LogP contribution is -2.34. The van der Waals surface area contributed by atoms with Crippen LogP contribution < -0.4 is 4.72 Å². The highest BCUT2D eigenvalue weighted by molar-refractivity contribution is 7.89. The van der Waals surface area contributed by atoms with Gasteiger partial charge in [0, 0.05) is 6.04 Å².